The van der Waals surface area contributed by atoms with Crippen LogP contribution in [0.15, 0.2) is 11.6 Å². The molecule has 0 spiro atoms. The lowest BCUT2D eigenvalue weighted by atomic mass is 9.58. The number of allylic oxidation sites excluding steroid dienone is 1. The Bertz CT molecular complexity index is 481. The Morgan fingerprint density at radius 2 is 2.05 bits per heavy atom. The van der Waals surface area contributed by atoms with Crippen LogP contribution in [0.1, 0.15) is 40.0 Å². The van der Waals surface area contributed by atoms with Gasteiger partial charge >= 0.3 is 0 Å². The monoisotopic (exact) mass is 314 g/mol. The highest BCUT2D eigenvalue weighted by Crippen LogP contribution is 2.50. The first-order chi connectivity index (χ1) is 10.1. The standard InChI is InChI=1S/C16H26O6/c1-10(2)5-6-12-14(3,18)16(20)13(21-4)11(17)7-8-15(16,19)9-22-12/h5,12-13,18-20H,6-9H2,1-4H3/t12-,13+,14-,15-,16-/m0/s1. The van der Waals surface area contributed by atoms with E-state index in [1.54, 1.807) is 0 Å². The van der Waals surface area contributed by atoms with Crippen LogP contribution < -0.4 is 0 Å². The molecule has 0 aromatic carbocycles. The Hall–Kier alpha value is -0.790. The summed E-state index contributed by atoms with van der Waals surface area (Å²) in [5, 5.41) is 33.0. The molecule has 0 radical (unpaired) electrons. The van der Waals surface area contributed by atoms with Crippen molar-refractivity contribution in [2.24, 2.45) is 0 Å². The number of ether oxygens (including phenoxy) is 2. The summed E-state index contributed by atoms with van der Waals surface area (Å²) in [6.45, 7) is 5.09. The first-order valence-electron chi connectivity index (χ1n) is 7.58. The van der Waals surface area contributed by atoms with Crippen molar-refractivity contribution in [3.05, 3.63) is 11.6 Å². The van der Waals surface area contributed by atoms with E-state index in [0.717, 1.165) is 5.57 Å². The van der Waals surface area contributed by atoms with Crippen molar-refractivity contribution in [1.82, 2.24) is 0 Å². The second-order valence-corrected chi connectivity index (χ2v) is 6.84. The minimum Gasteiger partial charge on any atom is -0.384 e. The van der Waals surface area contributed by atoms with Gasteiger partial charge in [-0.15, -0.1) is 0 Å². The molecule has 0 unspecified atom stereocenters. The molecule has 1 heterocycles. The largest absolute Gasteiger partial charge is 0.384 e. The molecule has 22 heavy (non-hydrogen) atoms. The first-order valence-corrected chi connectivity index (χ1v) is 7.58. The van der Waals surface area contributed by atoms with Gasteiger partial charge in [-0.05, 0) is 33.6 Å². The van der Waals surface area contributed by atoms with Gasteiger partial charge in [0.05, 0.1) is 12.7 Å². The molecule has 0 aromatic heterocycles. The van der Waals surface area contributed by atoms with E-state index in [1.807, 2.05) is 19.9 Å². The number of ketones is 1. The number of hydrogen-bond donors (Lipinski definition) is 3. The lowest BCUT2D eigenvalue weighted by molar-refractivity contribution is -0.353. The van der Waals surface area contributed by atoms with Crippen molar-refractivity contribution in [2.45, 2.75) is 69.0 Å². The summed E-state index contributed by atoms with van der Waals surface area (Å²) in [5.41, 5.74) is -4.60. The highest BCUT2D eigenvalue weighted by atomic mass is 16.6. The van der Waals surface area contributed by atoms with E-state index in [4.69, 9.17) is 9.47 Å². The van der Waals surface area contributed by atoms with Crippen molar-refractivity contribution in [1.29, 1.82) is 0 Å². The molecule has 5 atom stereocenters. The van der Waals surface area contributed by atoms with Crippen LogP contribution in [0.2, 0.25) is 0 Å². The van der Waals surface area contributed by atoms with Gasteiger partial charge in [0.1, 0.15) is 17.3 Å². The van der Waals surface area contributed by atoms with E-state index in [2.05, 4.69) is 0 Å². The van der Waals surface area contributed by atoms with E-state index in [-0.39, 0.29) is 25.2 Å². The maximum absolute atomic E-state index is 12.1. The second-order valence-electron chi connectivity index (χ2n) is 6.84. The van der Waals surface area contributed by atoms with Crippen molar-refractivity contribution >= 4 is 5.78 Å². The molecule has 6 heteroatoms. The van der Waals surface area contributed by atoms with Gasteiger partial charge in [0.25, 0.3) is 0 Å². The summed E-state index contributed by atoms with van der Waals surface area (Å²) in [4.78, 5) is 12.1. The average Bonchev–Trinajstić information content (AvgIpc) is 2.42. The van der Waals surface area contributed by atoms with Gasteiger partial charge in [0.2, 0.25) is 0 Å². The van der Waals surface area contributed by atoms with Crippen molar-refractivity contribution in [3.8, 4) is 0 Å². The molecular formula is C16H26O6. The summed E-state index contributed by atoms with van der Waals surface area (Å²) in [6.07, 6.45) is 0.358. The zero-order chi connectivity index (χ0) is 16.8. The number of Topliss-reactive ketones (excluding diaryl/α,β-unsaturated/α-hetero) is 1. The predicted octanol–water partition coefficient (Wildman–Crippen LogP) is 0.333. The van der Waals surface area contributed by atoms with Crippen LogP contribution in [-0.4, -0.2) is 63.8 Å². The molecule has 0 bridgehead atoms. The van der Waals surface area contributed by atoms with Crippen LogP contribution in [0.4, 0.5) is 0 Å². The second kappa shape index (κ2) is 5.69. The smallest absolute Gasteiger partial charge is 0.164 e. The maximum atomic E-state index is 12.1. The number of carbonyl (C=O) groups excluding carboxylic acids is 1. The third-order valence-corrected chi connectivity index (χ3v) is 5.06. The van der Waals surface area contributed by atoms with Gasteiger partial charge in [-0.25, -0.2) is 0 Å². The molecular weight excluding hydrogens is 288 g/mol. The number of aliphatic hydroxyl groups is 3. The molecule has 1 saturated heterocycles. The van der Waals surface area contributed by atoms with E-state index in [1.165, 1.54) is 14.0 Å². The topological polar surface area (TPSA) is 96.2 Å². The van der Waals surface area contributed by atoms with Crippen LogP contribution in [-0.2, 0) is 14.3 Å². The fraction of sp³-hybridized carbons (Fsp3) is 0.812. The van der Waals surface area contributed by atoms with Gasteiger partial charge in [-0.2, -0.15) is 0 Å². The Kier molecular flexibility index (Phi) is 4.54. The summed E-state index contributed by atoms with van der Waals surface area (Å²) in [6, 6.07) is 0. The van der Waals surface area contributed by atoms with Crippen molar-refractivity contribution in [2.75, 3.05) is 13.7 Å². The quantitative estimate of drug-likeness (QED) is 0.650. The number of carbonyl (C=O) groups is 1. The van der Waals surface area contributed by atoms with E-state index >= 15 is 0 Å². The highest BCUT2D eigenvalue weighted by Gasteiger charge is 2.72. The summed E-state index contributed by atoms with van der Waals surface area (Å²) < 4.78 is 10.8. The molecule has 2 fully saturated rings. The number of fused-ring (bicyclic) bond motifs is 1. The lowest BCUT2D eigenvalue weighted by Gasteiger charge is -2.60. The number of hydrogen-bond acceptors (Lipinski definition) is 6. The Morgan fingerprint density at radius 1 is 1.41 bits per heavy atom. The fourth-order valence-electron chi connectivity index (χ4n) is 3.64. The third kappa shape index (κ3) is 2.34. The normalized spacial score (nSPS) is 45.3. The summed E-state index contributed by atoms with van der Waals surface area (Å²) in [7, 11) is 1.29. The molecule has 2 aliphatic rings. The molecule has 1 aliphatic carbocycles. The van der Waals surface area contributed by atoms with Gasteiger partial charge in [-0.3, -0.25) is 4.79 Å². The Balaban J connectivity index is 2.45. The van der Waals surface area contributed by atoms with E-state index < -0.39 is 29.0 Å². The Labute approximate surface area is 130 Å². The fourth-order valence-corrected chi connectivity index (χ4v) is 3.64. The minimum absolute atomic E-state index is 0.0354. The van der Waals surface area contributed by atoms with E-state index in [0.29, 0.717) is 6.42 Å². The molecule has 3 N–H and O–H groups in total. The van der Waals surface area contributed by atoms with Crippen molar-refractivity contribution in [3.63, 3.8) is 0 Å². The lowest BCUT2D eigenvalue weighted by Crippen LogP contribution is -2.82. The number of methoxy groups -OCH3 is 1. The minimum atomic E-state index is -2.11. The molecule has 126 valence electrons. The predicted molar refractivity (Wildman–Crippen MR) is 79.3 cm³/mol. The van der Waals surface area contributed by atoms with Gasteiger partial charge in [0, 0.05) is 13.5 Å². The van der Waals surface area contributed by atoms with Gasteiger partial charge in [-0.1, -0.05) is 11.6 Å². The zero-order valence-corrected chi connectivity index (χ0v) is 13.6. The van der Waals surface area contributed by atoms with Crippen LogP contribution in [0.5, 0.6) is 0 Å². The van der Waals surface area contributed by atoms with Gasteiger partial charge < -0.3 is 24.8 Å². The van der Waals surface area contributed by atoms with Crippen LogP contribution in [0.3, 0.4) is 0 Å². The summed E-state index contributed by atoms with van der Waals surface area (Å²) >= 11 is 0. The third-order valence-electron chi connectivity index (χ3n) is 5.06. The molecule has 6 nitrogen and oxygen atoms in total. The molecule has 1 saturated carbocycles. The number of rotatable bonds is 3. The first kappa shape index (κ1) is 17.6. The molecule has 0 aromatic rings. The van der Waals surface area contributed by atoms with Gasteiger partial charge in [0.15, 0.2) is 11.4 Å². The maximum Gasteiger partial charge on any atom is 0.164 e. The van der Waals surface area contributed by atoms with Crippen molar-refractivity contribution < 1.29 is 29.6 Å². The van der Waals surface area contributed by atoms with Crippen LogP contribution in [0.25, 0.3) is 0 Å². The van der Waals surface area contributed by atoms with Crippen LogP contribution >= 0.6 is 0 Å². The van der Waals surface area contributed by atoms with Crippen LogP contribution in [0, 0.1) is 0 Å². The Morgan fingerprint density at radius 3 is 2.59 bits per heavy atom. The highest BCUT2D eigenvalue weighted by molar-refractivity contribution is 5.86. The molecule has 0 amide bonds. The molecule has 2 rings (SSSR count). The SMILES string of the molecule is CO[C@@H]1C(=O)CC[C@]2(O)CO[C@@H](CC=C(C)C)[C@](C)(O)[C@@]12O. The molecule has 1 aliphatic heterocycles. The van der Waals surface area contributed by atoms with E-state index in [9.17, 15) is 20.1 Å². The summed E-state index contributed by atoms with van der Waals surface area (Å²) in [5.74, 6) is -0.321. The average molecular weight is 314 g/mol. The zero-order valence-electron chi connectivity index (χ0n) is 13.6.